The molecular formula is C17H14N4O4S2. The second-order valence-electron chi connectivity index (χ2n) is 5.60. The van der Waals surface area contributed by atoms with E-state index in [1.165, 1.54) is 29.4 Å². The number of carbonyl (C=O) groups excluding carboxylic acids is 1. The highest BCUT2D eigenvalue weighted by Gasteiger charge is 2.16. The van der Waals surface area contributed by atoms with Gasteiger partial charge in [-0.1, -0.05) is 11.8 Å². The van der Waals surface area contributed by atoms with Crippen LogP contribution in [0.2, 0.25) is 0 Å². The molecule has 10 heteroatoms. The summed E-state index contributed by atoms with van der Waals surface area (Å²) in [7, 11) is 0. The number of thioether (sulfide) groups is 1. The van der Waals surface area contributed by atoms with Crippen LogP contribution in [0.3, 0.4) is 0 Å². The molecule has 0 N–H and O–H groups in total. The van der Waals surface area contributed by atoms with E-state index < -0.39 is 5.97 Å². The number of aryl methyl sites for hydroxylation is 2. The van der Waals surface area contributed by atoms with E-state index >= 15 is 0 Å². The van der Waals surface area contributed by atoms with E-state index in [4.69, 9.17) is 13.6 Å². The Morgan fingerprint density at radius 2 is 2.15 bits per heavy atom. The van der Waals surface area contributed by atoms with E-state index in [0.29, 0.717) is 11.7 Å². The molecule has 0 spiro atoms. The van der Waals surface area contributed by atoms with Gasteiger partial charge in [0.05, 0.1) is 11.3 Å². The molecule has 138 valence electrons. The second kappa shape index (κ2) is 7.49. The molecule has 8 nitrogen and oxygen atoms in total. The second-order valence-corrected chi connectivity index (χ2v) is 7.45. The van der Waals surface area contributed by atoms with Gasteiger partial charge in [-0.3, -0.25) is 4.79 Å². The lowest BCUT2D eigenvalue weighted by Crippen LogP contribution is -2.07. The van der Waals surface area contributed by atoms with Crippen LogP contribution in [0.5, 0.6) is 0 Å². The van der Waals surface area contributed by atoms with Crippen molar-refractivity contribution in [2.24, 2.45) is 0 Å². The molecular weight excluding hydrogens is 388 g/mol. The Bertz CT molecular complexity index is 1100. The molecule has 0 aliphatic carbocycles. The van der Waals surface area contributed by atoms with Gasteiger partial charge in [0.2, 0.25) is 0 Å². The van der Waals surface area contributed by atoms with Crippen LogP contribution in [0.15, 0.2) is 37.7 Å². The number of aromatic nitrogens is 4. The van der Waals surface area contributed by atoms with E-state index in [1.807, 2.05) is 31.4 Å². The molecule has 4 aromatic heterocycles. The first-order valence-electron chi connectivity index (χ1n) is 7.96. The average Bonchev–Trinajstić information content (AvgIpc) is 3.37. The monoisotopic (exact) mass is 402 g/mol. The summed E-state index contributed by atoms with van der Waals surface area (Å²) in [6.45, 7) is 3.58. The summed E-state index contributed by atoms with van der Waals surface area (Å²) in [5.74, 6) is 1.76. The van der Waals surface area contributed by atoms with Gasteiger partial charge in [-0.2, -0.15) is 0 Å². The minimum absolute atomic E-state index is 0.0834. The standard InChI is InChI=1S/C17H14N4O4S2/c1-9-5-12(10(2)24-9)15-21-20-13(25-15)6-23-14(22)7-27-17-11-3-4-26-16(11)18-8-19-17/h3-5,8H,6-7H2,1-2H3. The molecule has 4 heterocycles. The molecule has 0 amide bonds. The normalized spacial score (nSPS) is 11.2. The van der Waals surface area contributed by atoms with Crippen molar-refractivity contribution in [3.05, 3.63) is 41.3 Å². The maximum atomic E-state index is 12.0. The third-order valence-corrected chi connectivity index (χ3v) is 5.45. The summed E-state index contributed by atoms with van der Waals surface area (Å²) in [6, 6.07) is 3.76. The number of fused-ring (bicyclic) bond motifs is 1. The summed E-state index contributed by atoms with van der Waals surface area (Å²) >= 11 is 2.84. The molecule has 27 heavy (non-hydrogen) atoms. The molecule has 0 saturated heterocycles. The number of nitrogens with zero attached hydrogens (tertiary/aromatic N) is 4. The fraction of sp³-hybridized carbons (Fsp3) is 0.235. The van der Waals surface area contributed by atoms with Gasteiger partial charge in [0.25, 0.3) is 11.8 Å². The van der Waals surface area contributed by atoms with Crippen molar-refractivity contribution < 1.29 is 18.4 Å². The largest absolute Gasteiger partial charge is 0.466 e. The van der Waals surface area contributed by atoms with Crippen LogP contribution >= 0.6 is 23.1 Å². The minimum Gasteiger partial charge on any atom is -0.466 e. The lowest BCUT2D eigenvalue weighted by molar-refractivity contribution is -0.142. The summed E-state index contributed by atoms with van der Waals surface area (Å²) < 4.78 is 16.2. The Balaban J connectivity index is 1.33. The summed E-state index contributed by atoms with van der Waals surface area (Å²) in [6.07, 6.45) is 1.49. The molecule has 4 rings (SSSR count). The number of carbonyl (C=O) groups is 1. The van der Waals surface area contributed by atoms with Crippen LogP contribution in [-0.2, 0) is 16.1 Å². The zero-order valence-electron chi connectivity index (χ0n) is 14.5. The third-order valence-electron chi connectivity index (χ3n) is 3.65. The van der Waals surface area contributed by atoms with Crippen molar-refractivity contribution in [2.45, 2.75) is 25.5 Å². The Morgan fingerprint density at radius 1 is 1.26 bits per heavy atom. The van der Waals surface area contributed by atoms with Crippen molar-refractivity contribution in [2.75, 3.05) is 5.75 Å². The van der Waals surface area contributed by atoms with Crippen LogP contribution in [0.1, 0.15) is 17.4 Å². The Morgan fingerprint density at radius 3 is 2.96 bits per heavy atom. The molecule has 0 atom stereocenters. The van der Waals surface area contributed by atoms with Crippen molar-refractivity contribution >= 4 is 39.3 Å². The summed E-state index contributed by atoms with van der Waals surface area (Å²) in [4.78, 5) is 21.3. The zero-order chi connectivity index (χ0) is 18.8. The SMILES string of the molecule is Cc1cc(-c2nnc(COC(=O)CSc3ncnc4sccc34)o2)c(C)o1. The van der Waals surface area contributed by atoms with Crippen LogP contribution in [-0.4, -0.2) is 31.9 Å². The van der Waals surface area contributed by atoms with Crippen LogP contribution in [0, 0.1) is 13.8 Å². The first-order chi connectivity index (χ1) is 13.1. The van der Waals surface area contributed by atoms with Crippen molar-refractivity contribution in [1.82, 2.24) is 20.2 Å². The Hall–Kier alpha value is -2.72. The first-order valence-corrected chi connectivity index (χ1v) is 9.83. The van der Waals surface area contributed by atoms with E-state index in [0.717, 1.165) is 26.6 Å². The fourth-order valence-electron chi connectivity index (χ4n) is 2.46. The predicted molar refractivity (Wildman–Crippen MR) is 99.4 cm³/mol. The van der Waals surface area contributed by atoms with Gasteiger partial charge in [-0.05, 0) is 31.4 Å². The summed E-state index contributed by atoms with van der Waals surface area (Å²) in [5, 5.41) is 11.5. The van der Waals surface area contributed by atoms with E-state index in [1.54, 1.807) is 0 Å². The maximum Gasteiger partial charge on any atom is 0.316 e. The number of ether oxygens (including phenoxy) is 1. The molecule has 0 aliphatic heterocycles. The lowest BCUT2D eigenvalue weighted by atomic mass is 10.2. The Kier molecular flexibility index (Phi) is 4.90. The smallest absolute Gasteiger partial charge is 0.316 e. The van der Waals surface area contributed by atoms with Crippen molar-refractivity contribution in [3.63, 3.8) is 0 Å². The van der Waals surface area contributed by atoms with Crippen molar-refractivity contribution in [3.8, 4) is 11.5 Å². The molecule has 0 bridgehead atoms. The van der Waals surface area contributed by atoms with E-state index in [2.05, 4.69) is 20.2 Å². The van der Waals surface area contributed by atoms with Crippen LogP contribution in [0.25, 0.3) is 21.7 Å². The molecule has 0 fully saturated rings. The molecule has 0 unspecified atom stereocenters. The van der Waals surface area contributed by atoms with Gasteiger partial charge in [-0.25, -0.2) is 9.97 Å². The molecule has 0 aliphatic rings. The fourth-order valence-corrected chi connectivity index (χ4v) is 4.03. The van der Waals surface area contributed by atoms with Gasteiger partial charge < -0.3 is 13.6 Å². The molecule has 4 aromatic rings. The highest BCUT2D eigenvalue weighted by Crippen LogP contribution is 2.28. The third kappa shape index (κ3) is 3.86. The number of thiophene rings is 1. The molecule has 0 saturated carbocycles. The zero-order valence-corrected chi connectivity index (χ0v) is 16.1. The first kappa shape index (κ1) is 17.7. The minimum atomic E-state index is -0.392. The van der Waals surface area contributed by atoms with Gasteiger partial charge in [-0.15, -0.1) is 21.5 Å². The van der Waals surface area contributed by atoms with Gasteiger partial charge in [0.1, 0.15) is 27.7 Å². The van der Waals surface area contributed by atoms with Gasteiger partial charge in [0.15, 0.2) is 6.61 Å². The van der Waals surface area contributed by atoms with E-state index in [-0.39, 0.29) is 18.3 Å². The highest BCUT2D eigenvalue weighted by atomic mass is 32.2. The van der Waals surface area contributed by atoms with Crippen LogP contribution < -0.4 is 0 Å². The lowest BCUT2D eigenvalue weighted by Gasteiger charge is -2.02. The van der Waals surface area contributed by atoms with Gasteiger partial charge in [0, 0.05) is 5.39 Å². The number of esters is 1. The summed E-state index contributed by atoms with van der Waals surface area (Å²) in [5.41, 5.74) is 0.733. The molecule has 0 aromatic carbocycles. The highest BCUT2D eigenvalue weighted by molar-refractivity contribution is 8.00. The molecule has 0 radical (unpaired) electrons. The Labute approximate surface area is 162 Å². The maximum absolute atomic E-state index is 12.0. The number of furan rings is 1. The average molecular weight is 402 g/mol. The van der Waals surface area contributed by atoms with Gasteiger partial charge >= 0.3 is 5.97 Å². The van der Waals surface area contributed by atoms with E-state index in [9.17, 15) is 4.79 Å². The number of hydrogen-bond donors (Lipinski definition) is 0. The quantitative estimate of drug-likeness (QED) is 0.271. The topological polar surface area (TPSA) is 104 Å². The predicted octanol–water partition coefficient (Wildman–Crippen LogP) is 3.79. The van der Waals surface area contributed by atoms with Crippen molar-refractivity contribution in [1.29, 1.82) is 0 Å². The number of rotatable bonds is 6. The van der Waals surface area contributed by atoms with Crippen LogP contribution in [0.4, 0.5) is 0 Å². The number of hydrogen-bond acceptors (Lipinski definition) is 10.